The van der Waals surface area contributed by atoms with Gasteiger partial charge in [0, 0.05) is 6.54 Å². The number of carbonyl (C=O) groups excluding carboxylic acids is 1. The van der Waals surface area contributed by atoms with Gasteiger partial charge in [-0.1, -0.05) is 0 Å². The standard InChI is InChI=1S/C12H17I2N3O2/c1-12(2,3)19-11(18)17-6-4-5-7(17)10-15-8(13)9(14)16-10/h7H,4-6H2,1-3H3,(H,15,16). The van der Waals surface area contributed by atoms with E-state index in [1.165, 1.54) is 0 Å². The Hall–Kier alpha value is -0.0600. The molecule has 0 radical (unpaired) electrons. The second kappa shape index (κ2) is 5.74. The molecule has 1 fully saturated rings. The summed E-state index contributed by atoms with van der Waals surface area (Å²) in [5, 5.41) is 0. The molecule has 5 nitrogen and oxygen atoms in total. The summed E-state index contributed by atoms with van der Waals surface area (Å²) in [7, 11) is 0. The van der Waals surface area contributed by atoms with Crippen molar-refractivity contribution in [1.29, 1.82) is 0 Å². The number of imidazole rings is 1. The molecule has 2 rings (SSSR count). The zero-order valence-electron chi connectivity index (χ0n) is 11.2. The molecular formula is C12H17I2N3O2. The first-order chi connectivity index (χ1) is 8.78. The van der Waals surface area contributed by atoms with Crippen molar-refractivity contribution in [1.82, 2.24) is 14.9 Å². The first-order valence-corrected chi connectivity index (χ1v) is 8.34. The third-order valence-electron chi connectivity index (χ3n) is 2.83. The van der Waals surface area contributed by atoms with Gasteiger partial charge in [0.05, 0.1) is 6.04 Å². The van der Waals surface area contributed by atoms with E-state index in [1.54, 1.807) is 4.90 Å². The molecule has 0 aliphatic carbocycles. The van der Waals surface area contributed by atoms with Crippen molar-refractivity contribution in [2.24, 2.45) is 0 Å². The quantitative estimate of drug-likeness (QED) is 0.613. The van der Waals surface area contributed by atoms with Crippen LogP contribution in [0, 0.1) is 7.40 Å². The van der Waals surface area contributed by atoms with Crippen LogP contribution in [-0.4, -0.2) is 33.1 Å². The number of hydrogen-bond donors (Lipinski definition) is 1. The number of aromatic nitrogens is 2. The van der Waals surface area contributed by atoms with Gasteiger partial charge in [0.1, 0.15) is 18.8 Å². The molecule has 1 aromatic heterocycles. The molecule has 1 unspecified atom stereocenters. The number of likely N-dealkylation sites (tertiary alicyclic amines) is 1. The molecule has 19 heavy (non-hydrogen) atoms. The van der Waals surface area contributed by atoms with Crippen LogP contribution >= 0.6 is 45.2 Å². The van der Waals surface area contributed by atoms with Crippen LogP contribution in [-0.2, 0) is 4.74 Å². The average molecular weight is 489 g/mol. The molecule has 1 saturated heterocycles. The summed E-state index contributed by atoms with van der Waals surface area (Å²) in [5.74, 6) is 0.858. The topological polar surface area (TPSA) is 58.2 Å². The highest BCUT2D eigenvalue weighted by Crippen LogP contribution is 2.32. The van der Waals surface area contributed by atoms with Crippen LogP contribution in [0.4, 0.5) is 4.79 Å². The lowest BCUT2D eigenvalue weighted by atomic mass is 10.2. The summed E-state index contributed by atoms with van der Waals surface area (Å²) < 4.78 is 7.42. The second-order valence-corrected chi connectivity index (χ2v) is 7.66. The third kappa shape index (κ3) is 3.73. The van der Waals surface area contributed by atoms with Gasteiger partial charge in [-0.25, -0.2) is 9.78 Å². The first-order valence-electron chi connectivity index (χ1n) is 6.18. The maximum Gasteiger partial charge on any atom is 0.410 e. The van der Waals surface area contributed by atoms with Crippen molar-refractivity contribution in [3.63, 3.8) is 0 Å². The van der Waals surface area contributed by atoms with E-state index >= 15 is 0 Å². The third-order valence-corrected chi connectivity index (χ3v) is 5.43. The van der Waals surface area contributed by atoms with Crippen molar-refractivity contribution in [2.75, 3.05) is 6.54 Å². The summed E-state index contributed by atoms with van der Waals surface area (Å²) in [6, 6.07) is 0.00637. The highest BCUT2D eigenvalue weighted by atomic mass is 127. The van der Waals surface area contributed by atoms with Gasteiger partial charge in [-0.3, -0.25) is 4.90 Å². The number of hydrogen-bond acceptors (Lipinski definition) is 3. The number of ether oxygens (including phenoxy) is 1. The maximum atomic E-state index is 12.2. The fourth-order valence-corrected chi connectivity index (χ4v) is 2.89. The Balaban J connectivity index is 2.15. The predicted molar refractivity (Wildman–Crippen MR) is 88.9 cm³/mol. The van der Waals surface area contributed by atoms with E-state index in [9.17, 15) is 4.79 Å². The van der Waals surface area contributed by atoms with E-state index < -0.39 is 5.60 Å². The van der Waals surface area contributed by atoms with Gasteiger partial charge in [0.25, 0.3) is 0 Å². The van der Waals surface area contributed by atoms with E-state index in [0.717, 1.165) is 32.6 Å². The fraction of sp³-hybridized carbons (Fsp3) is 0.667. The molecule has 7 heteroatoms. The SMILES string of the molecule is CC(C)(C)OC(=O)N1CCCC1c1nc(I)c(I)[nH]1. The second-order valence-electron chi connectivity index (χ2n) is 5.56. The minimum Gasteiger partial charge on any atom is -0.444 e. The average Bonchev–Trinajstić information content (AvgIpc) is 2.83. The van der Waals surface area contributed by atoms with Crippen LogP contribution in [0.5, 0.6) is 0 Å². The van der Waals surface area contributed by atoms with E-state index in [4.69, 9.17) is 4.74 Å². The molecule has 106 valence electrons. The molecular weight excluding hydrogens is 472 g/mol. The number of rotatable bonds is 1. The molecule has 1 aliphatic heterocycles. The van der Waals surface area contributed by atoms with E-state index in [2.05, 4.69) is 55.1 Å². The lowest BCUT2D eigenvalue weighted by Gasteiger charge is -2.27. The lowest BCUT2D eigenvalue weighted by molar-refractivity contribution is 0.0218. The Morgan fingerprint density at radius 1 is 1.47 bits per heavy atom. The first kappa shape index (κ1) is 15.3. The molecule has 1 aromatic rings. The number of halogens is 2. The predicted octanol–water partition coefficient (Wildman–Crippen LogP) is 3.69. The minimum atomic E-state index is -0.462. The van der Waals surface area contributed by atoms with Gasteiger partial charge in [0.2, 0.25) is 0 Å². The Bertz CT molecular complexity index is 462. The van der Waals surface area contributed by atoms with Crippen molar-refractivity contribution in [2.45, 2.75) is 45.3 Å². The summed E-state index contributed by atoms with van der Waals surface area (Å²) in [4.78, 5) is 21.7. The van der Waals surface area contributed by atoms with E-state index in [0.29, 0.717) is 0 Å². The fourth-order valence-electron chi connectivity index (χ4n) is 2.09. The van der Waals surface area contributed by atoms with Crippen molar-refractivity contribution < 1.29 is 9.53 Å². The maximum absolute atomic E-state index is 12.2. The van der Waals surface area contributed by atoms with Crippen LogP contribution in [0.2, 0.25) is 0 Å². The summed E-state index contributed by atoms with van der Waals surface area (Å²) in [5.41, 5.74) is -0.462. The Morgan fingerprint density at radius 2 is 2.16 bits per heavy atom. The van der Waals surface area contributed by atoms with Crippen LogP contribution < -0.4 is 0 Å². The largest absolute Gasteiger partial charge is 0.444 e. The molecule has 1 aliphatic rings. The van der Waals surface area contributed by atoms with Gasteiger partial charge in [-0.2, -0.15) is 0 Å². The zero-order valence-corrected chi connectivity index (χ0v) is 15.5. The monoisotopic (exact) mass is 489 g/mol. The highest BCUT2D eigenvalue weighted by Gasteiger charge is 2.35. The van der Waals surface area contributed by atoms with Crippen LogP contribution in [0.25, 0.3) is 0 Å². The van der Waals surface area contributed by atoms with Gasteiger partial charge in [0.15, 0.2) is 0 Å². The van der Waals surface area contributed by atoms with Gasteiger partial charge in [-0.15, -0.1) is 0 Å². The van der Waals surface area contributed by atoms with Crippen LogP contribution in [0.3, 0.4) is 0 Å². The van der Waals surface area contributed by atoms with E-state index in [1.807, 2.05) is 20.8 Å². The Labute approximate surface area is 140 Å². The van der Waals surface area contributed by atoms with Gasteiger partial charge < -0.3 is 9.72 Å². The summed E-state index contributed by atoms with van der Waals surface area (Å²) in [6.07, 6.45) is 1.66. The molecule has 2 heterocycles. The molecule has 1 N–H and O–H groups in total. The Kier molecular flexibility index (Phi) is 4.63. The molecule has 1 atom stereocenters. The molecule has 0 aromatic carbocycles. The number of nitrogens with zero attached hydrogens (tertiary/aromatic N) is 2. The number of H-pyrrole nitrogens is 1. The minimum absolute atomic E-state index is 0.00637. The van der Waals surface area contributed by atoms with Crippen molar-refractivity contribution in [3.05, 3.63) is 13.2 Å². The molecule has 1 amide bonds. The number of amides is 1. The van der Waals surface area contributed by atoms with Gasteiger partial charge in [-0.05, 0) is 78.8 Å². The normalized spacial score (nSPS) is 19.8. The van der Waals surface area contributed by atoms with Crippen LogP contribution in [0.1, 0.15) is 45.5 Å². The van der Waals surface area contributed by atoms with Crippen LogP contribution in [0.15, 0.2) is 0 Å². The molecule has 0 saturated carbocycles. The molecule has 0 bridgehead atoms. The summed E-state index contributed by atoms with van der Waals surface area (Å²) in [6.45, 7) is 6.38. The number of carbonyl (C=O) groups is 1. The van der Waals surface area contributed by atoms with E-state index in [-0.39, 0.29) is 12.1 Å². The van der Waals surface area contributed by atoms with Crippen molar-refractivity contribution in [3.8, 4) is 0 Å². The number of aromatic amines is 1. The molecule has 0 spiro atoms. The van der Waals surface area contributed by atoms with Gasteiger partial charge >= 0.3 is 6.09 Å². The summed E-state index contributed by atoms with van der Waals surface area (Å²) >= 11 is 4.41. The Morgan fingerprint density at radius 3 is 2.68 bits per heavy atom. The lowest BCUT2D eigenvalue weighted by Crippen LogP contribution is -2.36. The smallest absolute Gasteiger partial charge is 0.410 e. The number of nitrogens with one attached hydrogen (secondary N) is 1. The zero-order chi connectivity index (χ0) is 14.2. The highest BCUT2D eigenvalue weighted by molar-refractivity contribution is 14.1. The van der Waals surface area contributed by atoms with Crippen molar-refractivity contribution >= 4 is 51.3 Å².